The minimum Gasteiger partial charge on any atom is -0.397 e. The number of anilines is 2. The molecule has 4 heteroatoms. The lowest BCUT2D eigenvalue weighted by molar-refractivity contribution is 0.120. The number of hydrogen-bond acceptors (Lipinski definition) is 3. The molecule has 3 N–H and O–H groups in total. The minimum absolute atomic E-state index is 0.229. The molecule has 1 aliphatic heterocycles. The molecule has 0 radical (unpaired) electrons. The van der Waals surface area contributed by atoms with Gasteiger partial charge in [-0.15, -0.1) is 0 Å². The van der Waals surface area contributed by atoms with Crippen LogP contribution in [0.3, 0.4) is 0 Å². The second kappa shape index (κ2) is 4.49. The van der Waals surface area contributed by atoms with Crippen LogP contribution in [-0.2, 0) is 4.74 Å². The number of rotatable bonds is 3. The molecule has 0 spiro atoms. The largest absolute Gasteiger partial charge is 0.397 e. The second-order valence-corrected chi connectivity index (χ2v) is 3.75. The average Bonchev–Trinajstić information content (AvgIpc) is 2.72. The molecule has 82 valence electrons. The van der Waals surface area contributed by atoms with Gasteiger partial charge in [0.05, 0.1) is 17.5 Å². The van der Waals surface area contributed by atoms with Crippen LogP contribution in [0.1, 0.15) is 12.8 Å². The molecule has 3 nitrogen and oxygen atoms in total. The van der Waals surface area contributed by atoms with Crippen LogP contribution >= 0.6 is 0 Å². The Morgan fingerprint density at radius 3 is 3.13 bits per heavy atom. The summed E-state index contributed by atoms with van der Waals surface area (Å²) in [6, 6.07) is 4.32. The Bertz CT molecular complexity index is 337. The van der Waals surface area contributed by atoms with Crippen molar-refractivity contribution in [1.82, 2.24) is 0 Å². The SMILES string of the molecule is Nc1ccc(F)cc1NCC1CCCO1. The van der Waals surface area contributed by atoms with Crippen LogP contribution < -0.4 is 11.1 Å². The monoisotopic (exact) mass is 210 g/mol. The van der Waals surface area contributed by atoms with E-state index >= 15 is 0 Å². The van der Waals surface area contributed by atoms with E-state index in [1.807, 2.05) is 0 Å². The Kier molecular flexibility index (Phi) is 3.06. The van der Waals surface area contributed by atoms with Crippen molar-refractivity contribution in [3.63, 3.8) is 0 Å². The molecule has 1 aromatic carbocycles. The van der Waals surface area contributed by atoms with Crippen LogP contribution in [0.2, 0.25) is 0 Å². The first-order valence-electron chi connectivity index (χ1n) is 5.16. The van der Waals surface area contributed by atoms with Crippen LogP contribution in [0.5, 0.6) is 0 Å². The first-order chi connectivity index (χ1) is 7.25. The van der Waals surface area contributed by atoms with E-state index < -0.39 is 0 Å². The van der Waals surface area contributed by atoms with E-state index in [0.29, 0.717) is 17.9 Å². The number of benzene rings is 1. The van der Waals surface area contributed by atoms with Crippen molar-refractivity contribution in [3.8, 4) is 0 Å². The lowest BCUT2D eigenvalue weighted by Gasteiger charge is -2.13. The third-order valence-corrected chi connectivity index (χ3v) is 2.56. The van der Waals surface area contributed by atoms with Gasteiger partial charge in [0.15, 0.2) is 0 Å². The van der Waals surface area contributed by atoms with Gasteiger partial charge >= 0.3 is 0 Å². The van der Waals surface area contributed by atoms with E-state index in [-0.39, 0.29) is 11.9 Å². The summed E-state index contributed by atoms with van der Waals surface area (Å²) in [6.07, 6.45) is 2.39. The molecule has 15 heavy (non-hydrogen) atoms. The summed E-state index contributed by atoms with van der Waals surface area (Å²) in [7, 11) is 0. The quantitative estimate of drug-likeness (QED) is 0.750. The molecule has 0 aliphatic carbocycles. The number of nitrogens with one attached hydrogen (secondary N) is 1. The normalized spacial score (nSPS) is 20.5. The Morgan fingerprint density at radius 1 is 1.53 bits per heavy atom. The molecule has 1 saturated heterocycles. The van der Waals surface area contributed by atoms with Crippen molar-refractivity contribution in [2.45, 2.75) is 18.9 Å². The summed E-state index contributed by atoms with van der Waals surface area (Å²) in [5.41, 5.74) is 6.91. The third-order valence-electron chi connectivity index (χ3n) is 2.56. The highest BCUT2D eigenvalue weighted by molar-refractivity contribution is 5.65. The molecule has 0 saturated carbocycles. The predicted molar refractivity (Wildman–Crippen MR) is 58.3 cm³/mol. The fourth-order valence-corrected chi connectivity index (χ4v) is 1.71. The van der Waals surface area contributed by atoms with Gasteiger partial charge < -0.3 is 15.8 Å². The van der Waals surface area contributed by atoms with E-state index in [1.165, 1.54) is 12.1 Å². The molecule has 1 atom stereocenters. The first-order valence-corrected chi connectivity index (χ1v) is 5.16. The molecule has 0 amide bonds. The van der Waals surface area contributed by atoms with Crippen LogP contribution in [0.25, 0.3) is 0 Å². The maximum Gasteiger partial charge on any atom is 0.125 e. The lowest BCUT2D eigenvalue weighted by Crippen LogP contribution is -2.19. The Morgan fingerprint density at radius 2 is 2.40 bits per heavy atom. The van der Waals surface area contributed by atoms with E-state index in [4.69, 9.17) is 10.5 Å². The number of nitrogen functional groups attached to an aromatic ring is 1. The fraction of sp³-hybridized carbons (Fsp3) is 0.455. The summed E-state index contributed by atoms with van der Waals surface area (Å²) in [5, 5.41) is 3.11. The van der Waals surface area contributed by atoms with Gasteiger partial charge in [-0.25, -0.2) is 4.39 Å². The molecule has 0 aromatic heterocycles. The van der Waals surface area contributed by atoms with Gasteiger partial charge in [0.1, 0.15) is 5.82 Å². The van der Waals surface area contributed by atoms with Gasteiger partial charge in [0.2, 0.25) is 0 Å². The van der Waals surface area contributed by atoms with Crippen molar-refractivity contribution >= 4 is 11.4 Å². The van der Waals surface area contributed by atoms with Crippen LogP contribution in [0.15, 0.2) is 18.2 Å². The Balaban J connectivity index is 1.94. The first kappa shape index (κ1) is 10.2. The zero-order valence-electron chi connectivity index (χ0n) is 8.50. The van der Waals surface area contributed by atoms with E-state index in [2.05, 4.69) is 5.32 Å². The van der Waals surface area contributed by atoms with Gasteiger partial charge in [-0.1, -0.05) is 0 Å². The minimum atomic E-state index is -0.279. The van der Waals surface area contributed by atoms with Crippen LogP contribution in [-0.4, -0.2) is 19.3 Å². The number of nitrogens with two attached hydrogens (primary N) is 1. The van der Waals surface area contributed by atoms with Crippen LogP contribution in [0.4, 0.5) is 15.8 Å². The van der Waals surface area contributed by atoms with Crippen LogP contribution in [0, 0.1) is 5.82 Å². The molecular formula is C11H15FN2O. The van der Waals surface area contributed by atoms with Crippen molar-refractivity contribution in [2.75, 3.05) is 24.2 Å². The van der Waals surface area contributed by atoms with Gasteiger partial charge in [0, 0.05) is 13.2 Å². The predicted octanol–water partition coefficient (Wildman–Crippen LogP) is 2.00. The van der Waals surface area contributed by atoms with Gasteiger partial charge in [-0.3, -0.25) is 0 Å². The second-order valence-electron chi connectivity index (χ2n) is 3.75. The smallest absolute Gasteiger partial charge is 0.125 e. The van der Waals surface area contributed by atoms with E-state index in [1.54, 1.807) is 6.07 Å². The molecule has 0 bridgehead atoms. The summed E-state index contributed by atoms with van der Waals surface area (Å²) >= 11 is 0. The molecule has 2 rings (SSSR count). The zero-order chi connectivity index (χ0) is 10.7. The third kappa shape index (κ3) is 2.59. The lowest BCUT2D eigenvalue weighted by atomic mass is 10.2. The van der Waals surface area contributed by atoms with Gasteiger partial charge in [-0.2, -0.15) is 0 Å². The number of hydrogen-bond donors (Lipinski definition) is 2. The summed E-state index contributed by atoms with van der Waals surface area (Å²) in [6.45, 7) is 1.51. The standard InChI is InChI=1S/C11H15FN2O/c12-8-3-4-10(13)11(6-8)14-7-9-2-1-5-15-9/h3-4,6,9,14H,1-2,5,7,13H2. The van der Waals surface area contributed by atoms with Crippen molar-refractivity contribution in [2.24, 2.45) is 0 Å². The highest BCUT2D eigenvalue weighted by Crippen LogP contribution is 2.20. The fourth-order valence-electron chi connectivity index (χ4n) is 1.71. The molecule has 1 aromatic rings. The average molecular weight is 210 g/mol. The van der Waals surface area contributed by atoms with Gasteiger partial charge in [-0.05, 0) is 31.0 Å². The highest BCUT2D eigenvalue weighted by atomic mass is 19.1. The Labute approximate surface area is 88.4 Å². The van der Waals surface area contributed by atoms with E-state index in [0.717, 1.165) is 19.4 Å². The van der Waals surface area contributed by atoms with E-state index in [9.17, 15) is 4.39 Å². The van der Waals surface area contributed by atoms with Gasteiger partial charge in [0.25, 0.3) is 0 Å². The zero-order valence-corrected chi connectivity index (χ0v) is 8.50. The maximum absolute atomic E-state index is 12.9. The molecule has 1 fully saturated rings. The molecule has 1 heterocycles. The Hall–Kier alpha value is -1.29. The summed E-state index contributed by atoms with van der Waals surface area (Å²) < 4.78 is 18.4. The maximum atomic E-state index is 12.9. The summed E-state index contributed by atoms with van der Waals surface area (Å²) in [5.74, 6) is -0.279. The molecular weight excluding hydrogens is 195 g/mol. The number of ether oxygens (including phenoxy) is 1. The number of halogens is 1. The highest BCUT2D eigenvalue weighted by Gasteiger charge is 2.15. The van der Waals surface area contributed by atoms with Crippen molar-refractivity contribution < 1.29 is 9.13 Å². The summed E-state index contributed by atoms with van der Waals surface area (Å²) in [4.78, 5) is 0. The van der Waals surface area contributed by atoms with Crippen molar-refractivity contribution in [3.05, 3.63) is 24.0 Å². The van der Waals surface area contributed by atoms with Crippen molar-refractivity contribution in [1.29, 1.82) is 0 Å². The molecule has 1 unspecified atom stereocenters. The molecule has 1 aliphatic rings. The topological polar surface area (TPSA) is 47.3 Å².